The van der Waals surface area contributed by atoms with Gasteiger partial charge in [-0.15, -0.1) is 0 Å². The first kappa shape index (κ1) is 11.6. The van der Waals surface area contributed by atoms with E-state index in [1.807, 2.05) is 12.4 Å². The normalized spacial score (nSPS) is 20.9. The predicted molar refractivity (Wildman–Crippen MR) is 66.3 cm³/mol. The fourth-order valence-electron chi connectivity index (χ4n) is 2.18. The number of hydrogen-bond acceptors (Lipinski definition) is 3. The van der Waals surface area contributed by atoms with Crippen molar-refractivity contribution in [2.24, 2.45) is 0 Å². The molecule has 0 spiro atoms. The molecule has 2 rings (SSSR count). The van der Waals surface area contributed by atoms with E-state index in [4.69, 9.17) is 0 Å². The van der Waals surface area contributed by atoms with Gasteiger partial charge in [0.25, 0.3) is 0 Å². The Morgan fingerprint density at radius 2 is 2.44 bits per heavy atom. The highest BCUT2D eigenvalue weighted by atomic mass is 15.0. The van der Waals surface area contributed by atoms with E-state index < -0.39 is 0 Å². The van der Waals surface area contributed by atoms with Crippen molar-refractivity contribution < 1.29 is 0 Å². The lowest BCUT2D eigenvalue weighted by molar-refractivity contribution is 0.383. The van der Waals surface area contributed by atoms with E-state index >= 15 is 0 Å². The van der Waals surface area contributed by atoms with Gasteiger partial charge in [0.15, 0.2) is 0 Å². The van der Waals surface area contributed by atoms with Crippen LogP contribution in [0.3, 0.4) is 0 Å². The molecule has 3 heteroatoms. The summed E-state index contributed by atoms with van der Waals surface area (Å²) in [4.78, 5) is 4.10. The Hall–Kier alpha value is -0.930. The van der Waals surface area contributed by atoms with Gasteiger partial charge in [-0.05, 0) is 43.5 Å². The second-order valence-corrected chi connectivity index (χ2v) is 4.58. The molecule has 1 aliphatic heterocycles. The molecule has 88 valence electrons. The lowest BCUT2D eigenvalue weighted by Gasteiger charge is -2.23. The van der Waals surface area contributed by atoms with E-state index in [1.165, 1.54) is 36.9 Å². The van der Waals surface area contributed by atoms with E-state index in [1.54, 1.807) is 0 Å². The molecule has 2 heterocycles. The molecule has 0 aromatic carbocycles. The van der Waals surface area contributed by atoms with Crippen molar-refractivity contribution in [2.75, 3.05) is 13.1 Å². The second kappa shape index (κ2) is 5.97. The third-order valence-corrected chi connectivity index (χ3v) is 3.26. The molecular weight excluding hydrogens is 198 g/mol. The summed E-state index contributed by atoms with van der Waals surface area (Å²) in [6, 6.07) is 2.76. The summed E-state index contributed by atoms with van der Waals surface area (Å²) < 4.78 is 0. The second-order valence-electron chi connectivity index (χ2n) is 4.58. The fourth-order valence-corrected chi connectivity index (χ4v) is 2.18. The smallest absolute Gasteiger partial charge is 0.0300 e. The number of hydrogen-bond donors (Lipinski definition) is 2. The highest BCUT2D eigenvalue weighted by Crippen LogP contribution is 2.07. The Balaban J connectivity index is 1.73. The highest BCUT2D eigenvalue weighted by Gasteiger charge is 2.11. The molecule has 16 heavy (non-hydrogen) atoms. The molecule has 1 saturated heterocycles. The number of aryl methyl sites for hydroxylation is 1. The Bertz CT molecular complexity index is 319. The van der Waals surface area contributed by atoms with Gasteiger partial charge in [-0.3, -0.25) is 4.98 Å². The van der Waals surface area contributed by atoms with Gasteiger partial charge in [0.1, 0.15) is 0 Å². The summed E-state index contributed by atoms with van der Waals surface area (Å²) >= 11 is 0. The van der Waals surface area contributed by atoms with Gasteiger partial charge >= 0.3 is 0 Å². The molecule has 0 saturated carbocycles. The van der Waals surface area contributed by atoms with Crippen molar-refractivity contribution in [3.63, 3.8) is 0 Å². The minimum atomic E-state index is 0.663. The van der Waals surface area contributed by atoms with Crippen LogP contribution in [-0.4, -0.2) is 24.1 Å². The lowest BCUT2D eigenvalue weighted by Crippen LogP contribution is -2.41. The molecule has 3 nitrogen and oxygen atoms in total. The SMILES string of the molecule is Cc1cnccc1CNCC1CCCCN1. The van der Waals surface area contributed by atoms with Crippen LogP contribution in [0.1, 0.15) is 30.4 Å². The average molecular weight is 219 g/mol. The van der Waals surface area contributed by atoms with Crippen molar-refractivity contribution in [1.82, 2.24) is 15.6 Å². The molecule has 0 amide bonds. The molecule has 1 aliphatic rings. The molecule has 0 aliphatic carbocycles. The molecule has 0 bridgehead atoms. The largest absolute Gasteiger partial charge is 0.313 e. The van der Waals surface area contributed by atoms with Gasteiger partial charge < -0.3 is 10.6 Å². The van der Waals surface area contributed by atoms with Gasteiger partial charge in [0.2, 0.25) is 0 Å². The van der Waals surface area contributed by atoms with Gasteiger partial charge in [-0.25, -0.2) is 0 Å². The van der Waals surface area contributed by atoms with Crippen molar-refractivity contribution in [2.45, 2.75) is 38.8 Å². The van der Waals surface area contributed by atoms with Crippen LogP contribution in [0, 0.1) is 6.92 Å². The number of aromatic nitrogens is 1. The van der Waals surface area contributed by atoms with E-state index in [0.29, 0.717) is 6.04 Å². The van der Waals surface area contributed by atoms with Crippen LogP contribution in [0.4, 0.5) is 0 Å². The maximum atomic E-state index is 4.10. The number of pyridine rings is 1. The topological polar surface area (TPSA) is 37.0 Å². The summed E-state index contributed by atoms with van der Waals surface area (Å²) in [7, 11) is 0. The average Bonchev–Trinajstić information content (AvgIpc) is 2.33. The molecule has 2 N–H and O–H groups in total. The van der Waals surface area contributed by atoms with Gasteiger partial charge in [0.05, 0.1) is 0 Å². The highest BCUT2D eigenvalue weighted by molar-refractivity contribution is 5.21. The maximum Gasteiger partial charge on any atom is 0.0300 e. The number of nitrogens with one attached hydrogen (secondary N) is 2. The zero-order valence-electron chi connectivity index (χ0n) is 10.00. The van der Waals surface area contributed by atoms with Crippen molar-refractivity contribution in [3.05, 3.63) is 29.6 Å². The molecule has 1 atom stereocenters. The van der Waals surface area contributed by atoms with Crippen LogP contribution >= 0.6 is 0 Å². The maximum absolute atomic E-state index is 4.10. The Kier molecular flexibility index (Phi) is 4.31. The number of rotatable bonds is 4. The quantitative estimate of drug-likeness (QED) is 0.808. The van der Waals surface area contributed by atoms with E-state index in [-0.39, 0.29) is 0 Å². The molecule has 0 radical (unpaired) electrons. The summed E-state index contributed by atoms with van der Waals surface area (Å²) in [5.41, 5.74) is 2.62. The standard InChI is InChI=1S/C13H21N3/c1-11-8-14-7-5-12(11)9-15-10-13-4-2-3-6-16-13/h5,7-8,13,15-16H,2-4,6,9-10H2,1H3. The van der Waals surface area contributed by atoms with Crippen molar-refractivity contribution in [3.8, 4) is 0 Å². The molecule has 1 aromatic rings. The van der Waals surface area contributed by atoms with Crippen LogP contribution in [-0.2, 0) is 6.54 Å². The molecular formula is C13H21N3. The first-order valence-corrected chi connectivity index (χ1v) is 6.20. The minimum absolute atomic E-state index is 0.663. The Morgan fingerprint density at radius 3 is 3.19 bits per heavy atom. The molecule has 1 unspecified atom stereocenters. The Morgan fingerprint density at radius 1 is 1.50 bits per heavy atom. The van der Waals surface area contributed by atoms with E-state index in [2.05, 4.69) is 28.6 Å². The monoisotopic (exact) mass is 219 g/mol. The lowest BCUT2D eigenvalue weighted by atomic mass is 10.0. The van der Waals surface area contributed by atoms with Crippen LogP contribution in [0.2, 0.25) is 0 Å². The zero-order chi connectivity index (χ0) is 11.2. The first-order valence-electron chi connectivity index (χ1n) is 6.20. The summed E-state index contributed by atoms with van der Waals surface area (Å²) in [5, 5.41) is 7.07. The van der Waals surface area contributed by atoms with Crippen molar-refractivity contribution in [1.29, 1.82) is 0 Å². The van der Waals surface area contributed by atoms with E-state index in [9.17, 15) is 0 Å². The summed E-state index contributed by atoms with van der Waals surface area (Å²) in [5.74, 6) is 0. The summed E-state index contributed by atoms with van der Waals surface area (Å²) in [6.45, 7) is 5.32. The third kappa shape index (κ3) is 3.29. The molecule has 1 aromatic heterocycles. The van der Waals surface area contributed by atoms with Gasteiger partial charge in [-0.2, -0.15) is 0 Å². The van der Waals surface area contributed by atoms with Crippen LogP contribution in [0.5, 0.6) is 0 Å². The third-order valence-electron chi connectivity index (χ3n) is 3.26. The van der Waals surface area contributed by atoms with E-state index in [0.717, 1.165) is 13.1 Å². The predicted octanol–water partition coefficient (Wildman–Crippen LogP) is 1.62. The number of piperidine rings is 1. The van der Waals surface area contributed by atoms with Gasteiger partial charge in [0, 0.05) is 31.5 Å². The van der Waals surface area contributed by atoms with Crippen LogP contribution < -0.4 is 10.6 Å². The zero-order valence-corrected chi connectivity index (χ0v) is 10.00. The fraction of sp³-hybridized carbons (Fsp3) is 0.615. The Labute approximate surface area is 97.7 Å². The molecule has 1 fully saturated rings. The minimum Gasteiger partial charge on any atom is -0.313 e. The van der Waals surface area contributed by atoms with Gasteiger partial charge in [-0.1, -0.05) is 6.42 Å². The van der Waals surface area contributed by atoms with Crippen molar-refractivity contribution >= 4 is 0 Å². The first-order chi connectivity index (χ1) is 7.86. The summed E-state index contributed by atoms with van der Waals surface area (Å²) in [6.07, 6.45) is 7.80. The van der Waals surface area contributed by atoms with Crippen LogP contribution in [0.25, 0.3) is 0 Å². The number of nitrogens with zero attached hydrogens (tertiary/aromatic N) is 1. The van der Waals surface area contributed by atoms with Crippen LogP contribution in [0.15, 0.2) is 18.5 Å².